The Bertz CT molecular complexity index is 414. The van der Waals surface area contributed by atoms with E-state index in [1.807, 2.05) is 48.2 Å². The van der Waals surface area contributed by atoms with Crippen molar-refractivity contribution in [1.29, 1.82) is 0 Å². The normalized spacial score (nSPS) is 11.4. The van der Waals surface area contributed by atoms with Crippen molar-refractivity contribution in [1.82, 2.24) is 4.90 Å². The summed E-state index contributed by atoms with van der Waals surface area (Å²) in [6, 6.07) is 10.0. The summed E-state index contributed by atoms with van der Waals surface area (Å²) in [5.41, 5.74) is 1.91. The minimum atomic E-state index is 0.177. The maximum atomic E-state index is 12.5. The zero-order valence-electron chi connectivity index (χ0n) is 13.1. The highest BCUT2D eigenvalue weighted by atomic mass is 16.2. The summed E-state index contributed by atoms with van der Waals surface area (Å²) in [5, 5.41) is 0. The number of nitrogens with zero attached hydrogens (tertiary/aromatic N) is 1. The van der Waals surface area contributed by atoms with Crippen molar-refractivity contribution in [2.75, 3.05) is 13.1 Å². The Morgan fingerprint density at radius 3 is 2.10 bits per heavy atom. The van der Waals surface area contributed by atoms with Crippen LogP contribution in [0.2, 0.25) is 0 Å². The third kappa shape index (κ3) is 5.60. The second-order valence-electron chi connectivity index (χ2n) is 5.24. The van der Waals surface area contributed by atoms with Crippen LogP contribution in [0.4, 0.5) is 0 Å². The predicted molar refractivity (Wildman–Crippen MR) is 86.5 cm³/mol. The summed E-state index contributed by atoms with van der Waals surface area (Å²) in [6.07, 6.45) is 6.38. The van der Waals surface area contributed by atoms with Crippen molar-refractivity contribution in [2.24, 2.45) is 0 Å². The van der Waals surface area contributed by atoms with Gasteiger partial charge in [-0.3, -0.25) is 4.79 Å². The molecule has 0 fully saturated rings. The number of carbonyl (C=O) groups excluding carboxylic acids is 1. The lowest BCUT2D eigenvalue weighted by Gasteiger charge is -2.22. The molecule has 2 heteroatoms. The van der Waals surface area contributed by atoms with Crippen molar-refractivity contribution < 1.29 is 4.79 Å². The van der Waals surface area contributed by atoms with Crippen molar-refractivity contribution in [2.45, 2.75) is 46.5 Å². The zero-order valence-corrected chi connectivity index (χ0v) is 13.1. The number of benzene rings is 1. The zero-order chi connectivity index (χ0) is 14.8. The molecule has 1 amide bonds. The van der Waals surface area contributed by atoms with Crippen molar-refractivity contribution in [3.8, 4) is 0 Å². The van der Waals surface area contributed by atoms with Gasteiger partial charge in [0.1, 0.15) is 0 Å². The molecule has 0 aromatic heterocycles. The molecular weight excluding hydrogens is 246 g/mol. The Morgan fingerprint density at radius 2 is 1.60 bits per heavy atom. The Labute approximate surface area is 123 Å². The van der Waals surface area contributed by atoms with Crippen molar-refractivity contribution >= 4 is 12.0 Å². The topological polar surface area (TPSA) is 20.3 Å². The van der Waals surface area contributed by atoms with Crippen LogP contribution in [0.5, 0.6) is 0 Å². The predicted octanol–water partition coefficient (Wildman–Crippen LogP) is 4.52. The quantitative estimate of drug-likeness (QED) is 0.638. The maximum absolute atomic E-state index is 12.5. The van der Waals surface area contributed by atoms with E-state index in [1.165, 1.54) is 0 Å². The van der Waals surface area contributed by atoms with Crippen LogP contribution in [0.1, 0.15) is 52.0 Å². The van der Waals surface area contributed by atoms with Gasteiger partial charge in [-0.2, -0.15) is 0 Å². The van der Waals surface area contributed by atoms with Gasteiger partial charge in [0.05, 0.1) is 0 Å². The lowest BCUT2D eigenvalue weighted by molar-refractivity contribution is -0.127. The van der Waals surface area contributed by atoms with Gasteiger partial charge in [0.15, 0.2) is 0 Å². The molecule has 1 rings (SSSR count). The SMILES string of the molecule is CCCCN(CCCC)C(=O)/C(C)=C\c1ccccc1. The van der Waals surface area contributed by atoms with Crippen LogP contribution in [0.15, 0.2) is 35.9 Å². The van der Waals surface area contributed by atoms with Crippen LogP contribution >= 0.6 is 0 Å². The van der Waals surface area contributed by atoms with Gasteiger partial charge >= 0.3 is 0 Å². The number of amides is 1. The first kappa shape index (κ1) is 16.5. The molecule has 2 nitrogen and oxygen atoms in total. The molecule has 20 heavy (non-hydrogen) atoms. The van der Waals surface area contributed by atoms with E-state index in [0.717, 1.165) is 49.9 Å². The summed E-state index contributed by atoms with van der Waals surface area (Å²) < 4.78 is 0. The average Bonchev–Trinajstić information content (AvgIpc) is 2.48. The van der Waals surface area contributed by atoms with Gasteiger partial charge in [-0.05, 0) is 31.4 Å². The van der Waals surface area contributed by atoms with E-state index in [9.17, 15) is 4.79 Å². The van der Waals surface area contributed by atoms with E-state index in [1.54, 1.807) is 0 Å². The second kappa shape index (κ2) is 9.35. The third-order valence-corrected chi connectivity index (χ3v) is 3.37. The maximum Gasteiger partial charge on any atom is 0.249 e. The monoisotopic (exact) mass is 273 g/mol. The number of hydrogen-bond donors (Lipinski definition) is 0. The van der Waals surface area contributed by atoms with Gasteiger partial charge in [-0.15, -0.1) is 0 Å². The van der Waals surface area contributed by atoms with Gasteiger partial charge in [0.2, 0.25) is 5.91 Å². The molecule has 1 aromatic rings. The van der Waals surface area contributed by atoms with Crippen LogP contribution in [-0.4, -0.2) is 23.9 Å². The molecule has 0 heterocycles. The summed E-state index contributed by atoms with van der Waals surface area (Å²) in [4.78, 5) is 14.5. The molecule has 1 aromatic carbocycles. The highest BCUT2D eigenvalue weighted by Crippen LogP contribution is 2.10. The molecule has 0 unspecified atom stereocenters. The molecule has 0 aliphatic rings. The summed E-state index contributed by atoms with van der Waals surface area (Å²) in [6.45, 7) is 7.98. The first-order valence-electron chi connectivity index (χ1n) is 7.71. The van der Waals surface area contributed by atoms with Crippen LogP contribution in [-0.2, 0) is 4.79 Å². The fourth-order valence-electron chi connectivity index (χ4n) is 2.12. The standard InChI is InChI=1S/C18H27NO/c1-4-6-13-19(14-7-5-2)18(20)16(3)15-17-11-9-8-10-12-17/h8-12,15H,4-7,13-14H2,1-3H3/b16-15-. The molecule has 0 aliphatic carbocycles. The number of rotatable bonds is 8. The van der Waals surface area contributed by atoms with E-state index >= 15 is 0 Å². The van der Waals surface area contributed by atoms with Gasteiger partial charge in [0, 0.05) is 18.7 Å². The molecule has 110 valence electrons. The molecule has 0 atom stereocenters. The van der Waals surface area contributed by atoms with Gasteiger partial charge in [-0.25, -0.2) is 0 Å². The van der Waals surface area contributed by atoms with E-state index in [-0.39, 0.29) is 5.91 Å². The van der Waals surface area contributed by atoms with E-state index < -0.39 is 0 Å². The smallest absolute Gasteiger partial charge is 0.249 e. The fraction of sp³-hybridized carbons (Fsp3) is 0.500. The first-order chi connectivity index (χ1) is 9.69. The molecule has 0 saturated heterocycles. The highest BCUT2D eigenvalue weighted by Gasteiger charge is 2.14. The molecule has 0 radical (unpaired) electrons. The van der Waals surface area contributed by atoms with Crippen LogP contribution in [0.3, 0.4) is 0 Å². The Kier molecular flexibility index (Phi) is 7.71. The lowest BCUT2D eigenvalue weighted by Crippen LogP contribution is -2.33. The molecule has 0 bridgehead atoms. The Hall–Kier alpha value is -1.57. The van der Waals surface area contributed by atoms with Crippen LogP contribution in [0, 0.1) is 0 Å². The van der Waals surface area contributed by atoms with Crippen molar-refractivity contribution in [3.63, 3.8) is 0 Å². The first-order valence-corrected chi connectivity index (χ1v) is 7.71. The minimum Gasteiger partial charge on any atom is -0.339 e. The molecule has 0 spiro atoms. The largest absolute Gasteiger partial charge is 0.339 e. The van der Waals surface area contributed by atoms with Gasteiger partial charge < -0.3 is 4.90 Å². The summed E-state index contributed by atoms with van der Waals surface area (Å²) in [7, 11) is 0. The third-order valence-electron chi connectivity index (χ3n) is 3.37. The Balaban J connectivity index is 2.74. The molecular formula is C18H27NO. The minimum absolute atomic E-state index is 0.177. The second-order valence-corrected chi connectivity index (χ2v) is 5.24. The average molecular weight is 273 g/mol. The van der Waals surface area contributed by atoms with Crippen LogP contribution in [0.25, 0.3) is 6.08 Å². The Morgan fingerprint density at radius 1 is 1.05 bits per heavy atom. The number of hydrogen-bond acceptors (Lipinski definition) is 1. The summed E-state index contributed by atoms with van der Waals surface area (Å²) >= 11 is 0. The highest BCUT2D eigenvalue weighted by molar-refractivity contribution is 5.97. The van der Waals surface area contributed by atoms with E-state index in [0.29, 0.717) is 0 Å². The number of carbonyl (C=O) groups is 1. The van der Waals surface area contributed by atoms with E-state index in [4.69, 9.17) is 0 Å². The van der Waals surface area contributed by atoms with Crippen molar-refractivity contribution in [3.05, 3.63) is 41.5 Å². The lowest BCUT2D eigenvalue weighted by atomic mass is 10.1. The number of unbranched alkanes of at least 4 members (excludes halogenated alkanes) is 2. The fourth-order valence-corrected chi connectivity index (χ4v) is 2.12. The van der Waals surface area contributed by atoms with E-state index in [2.05, 4.69) is 13.8 Å². The van der Waals surface area contributed by atoms with Gasteiger partial charge in [0.25, 0.3) is 0 Å². The summed E-state index contributed by atoms with van der Waals surface area (Å²) in [5.74, 6) is 0.177. The van der Waals surface area contributed by atoms with Gasteiger partial charge in [-0.1, -0.05) is 57.0 Å². The molecule has 0 saturated carbocycles. The van der Waals surface area contributed by atoms with Crippen LogP contribution < -0.4 is 0 Å². The molecule has 0 aliphatic heterocycles. The molecule has 0 N–H and O–H groups in total.